The molecule has 0 aromatic carbocycles. The van der Waals surface area contributed by atoms with E-state index in [1.807, 2.05) is 13.1 Å². The van der Waals surface area contributed by atoms with Gasteiger partial charge in [-0.3, -0.25) is 4.90 Å². The monoisotopic (exact) mass is 252 g/mol. The van der Waals surface area contributed by atoms with E-state index in [0.717, 1.165) is 51.6 Å². The van der Waals surface area contributed by atoms with Crippen molar-refractivity contribution in [2.45, 2.75) is 19.9 Å². The van der Waals surface area contributed by atoms with Crippen LogP contribution in [0.15, 0.2) is 12.4 Å². The number of β-amino-alcohol motifs (C(OH)–C–C–N with tert-alkyl or cyclic N) is 1. The molecule has 0 atom stereocenters. The molecule has 0 bridgehead atoms. The highest BCUT2D eigenvalue weighted by molar-refractivity contribution is 4.88. The summed E-state index contributed by atoms with van der Waals surface area (Å²) in [6, 6.07) is 0. The number of hydrogen-bond acceptors (Lipinski definition) is 4. The van der Waals surface area contributed by atoms with Crippen LogP contribution in [0.25, 0.3) is 0 Å². The number of aliphatic hydroxyl groups is 1. The standard InChI is InChI=1S/C13H24N4O/c1-13-14-3-6-17(13)5-2-4-15-7-9-16(10-8-15)11-12-18/h3,6,18H,2,4-5,7-12H2,1H3. The second-order valence-corrected chi connectivity index (χ2v) is 4.93. The Morgan fingerprint density at radius 3 is 2.33 bits per heavy atom. The lowest BCUT2D eigenvalue weighted by atomic mass is 10.3. The molecule has 0 unspecified atom stereocenters. The molecular weight excluding hydrogens is 228 g/mol. The lowest BCUT2D eigenvalue weighted by Gasteiger charge is -2.34. The van der Waals surface area contributed by atoms with Crippen LogP contribution in [0.1, 0.15) is 12.2 Å². The van der Waals surface area contributed by atoms with E-state index in [1.54, 1.807) is 0 Å². The van der Waals surface area contributed by atoms with Crippen LogP contribution in [0, 0.1) is 6.92 Å². The van der Waals surface area contributed by atoms with Crippen molar-refractivity contribution in [1.29, 1.82) is 0 Å². The SMILES string of the molecule is Cc1nccn1CCCN1CCN(CCO)CC1. The van der Waals surface area contributed by atoms with E-state index in [9.17, 15) is 0 Å². The Morgan fingerprint density at radius 1 is 1.11 bits per heavy atom. The van der Waals surface area contributed by atoms with Crippen molar-refractivity contribution in [2.75, 3.05) is 45.9 Å². The van der Waals surface area contributed by atoms with E-state index in [4.69, 9.17) is 5.11 Å². The molecule has 1 aliphatic rings. The van der Waals surface area contributed by atoms with Crippen LogP contribution >= 0.6 is 0 Å². The first-order chi connectivity index (χ1) is 8.79. The summed E-state index contributed by atoms with van der Waals surface area (Å²) in [5.74, 6) is 1.10. The van der Waals surface area contributed by atoms with E-state index in [0.29, 0.717) is 0 Å². The first kappa shape index (κ1) is 13.5. The summed E-state index contributed by atoms with van der Waals surface area (Å²) in [7, 11) is 0. The third-order valence-corrected chi connectivity index (χ3v) is 3.68. The van der Waals surface area contributed by atoms with Gasteiger partial charge in [-0.2, -0.15) is 0 Å². The molecule has 1 aromatic rings. The predicted octanol–water partition coefficient (Wildman–Crippen LogP) is 0.192. The quantitative estimate of drug-likeness (QED) is 0.785. The average Bonchev–Trinajstić information content (AvgIpc) is 2.78. The highest BCUT2D eigenvalue weighted by Crippen LogP contribution is 2.04. The average molecular weight is 252 g/mol. The molecule has 5 heteroatoms. The molecule has 1 fully saturated rings. The minimum Gasteiger partial charge on any atom is -0.395 e. The smallest absolute Gasteiger partial charge is 0.105 e. The van der Waals surface area contributed by atoms with Crippen LogP contribution in [0.3, 0.4) is 0 Å². The summed E-state index contributed by atoms with van der Waals surface area (Å²) in [4.78, 5) is 9.08. The van der Waals surface area contributed by atoms with Gasteiger partial charge in [0.2, 0.25) is 0 Å². The lowest BCUT2D eigenvalue weighted by molar-refractivity contribution is 0.111. The van der Waals surface area contributed by atoms with Crippen molar-refractivity contribution >= 4 is 0 Å². The van der Waals surface area contributed by atoms with Gasteiger partial charge in [0.25, 0.3) is 0 Å². The van der Waals surface area contributed by atoms with Crippen molar-refractivity contribution in [3.8, 4) is 0 Å². The Kier molecular flexibility index (Phi) is 5.16. The summed E-state index contributed by atoms with van der Waals surface area (Å²) in [6.45, 7) is 9.80. The van der Waals surface area contributed by atoms with Crippen molar-refractivity contribution < 1.29 is 5.11 Å². The van der Waals surface area contributed by atoms with E-state index in [2.05, 4.69) is 25.5 Å². The predicted molar refractivity (Wildman–Crippen MR) is 71.5 cm³/mol. The third-order valence-electron chi connectivity index (χ3n) is 3.68. The minimum absolute atomic E-state index is 0.278. The number of imidazole rings is 1. The van der Waals surface area contributed by atoms with Crippen molar-refractivity contribution in [3.63, 3.8) is 0 Å². The molecule has 1 aromatic heterocycles. The van der Waals surface area contributed by atoms with Gasteiger partial charge in [-0.1, -0.05) is 0 Å². The van der Waals surface area contributed by atoms with E-state index in [-0.39, 0.29) is 6.61 Å². The topological polar surface area (TPSA) is 44.5 Å². The summed E-state index contributed by atoms with van der Waals surface area (Å²) in [6.07, 6.45) is 5.09. The van der Waals surface area contributed by atoms with Crippen LogP contribution in [0.4, 0.5) is 0 Å². The maximum Gasteiger partial charge on any atom is 0.105 e. The molecule has 1 aliphatic heterocycles. The molecule has 18 heavy (non-hydrogen) atoms. The molecule has 0 radical (unpaired) electrons. The van der Waals surface area contributed by atoms with Gasteiger partial charge in [-0.15, -0.1) is 0 Å². The molecular formula is C13H24N4O. The number of hydrogen-bond donors (Lipinski definition) is 1. The van der Waals surface area contributed by atoms with Crippen molar-refractivity contribution in [1.82, 2.24) is 19.4 Å². The van der Waals surface area contributed by atoms with Gasteiger partial charge < -0.3 is 14.6 Å². The van der Waals surface area contributed by atoms with Gasteiger partial charge in [0, 0.05) is 51.7 Å². The number of aryl methyl sites for hydroxylation is 2. The van der Waals surface area contributed by atoms with E-state index in [1.165, 1.54) is 6.42 Å². The molecule has 1 saturated heterocycles. The number of rotatable bonds is 6. The highest BCUT2D eigenvalue weighted by Gasteiger charge is 2.15. The van der Waals surface area contributed by atoms with Gasteiger partial charge in [0.05, 0.1) is 6.61 Å². The number of aromatic nitrogens is 2. The first-order valence-electron chi connectivity index (χ1n) is 6.83. The van der Waals surface area contributed by atoms with Crippen LogP contribution in [0.2, 0.25) is 0 Å². The van der Waals surface area contributed by atoms with Gasteiger partial charge in [-0.05, 0) is 19.9 Å². The molecule has 5 nitrogen and oxygen atoms in total. The summed E-state index contributed by atoms with van der Waals surface area (Å²) in [5, 5.41) is 8.89. The number of piperazine rings is 1. The van der Waals surface area contributed by atoms with E-state index < -0.39 is 0 Å². The zero-order valence-electron chi connectivity index (χ0n) is 11.3. The van der Waals surface area contributed by atoms with Crippen molar-refractivity contribution in [3.05, 3.63) is 18.2 Å². The van der Waals surface area contributed by atoms with Crippen LogP contribution in [-0.2, 0) is 6.54 Å². The second-order valence-electron chi connectivity index (χ2n) is 4.93. The molecule has 0 amide bonds. The van der Waals surface area contributed by atoms with Gasteiger partial charge >= 0.3 is 0 Å². The molecule has 0 saturated carbocycles. The van der Waals surface area contributed by atoms with Crippen LogP contribution in [0.5, 0.6) is 0 Å². The zero-order valence-corrected chi connectivity index (χ0v) is 11.3. The largest absolute Gasteiger partial charge is 0.395 e. The minimum atomic E-state index is 0.278. The molecule has 0 spiro atoms. The number of aliphatic hydroxyl groups excluding tert-OH is 1. The molecule has 2 heterocycles. The highest BCUT2D eigenvalue weighted by atomic mass is 16.3. The van der Waals surface area contributed by atoms with Crippen molar-refractivity contribution in [2.24, 2.45) is 0 Å². The first-order valence-corrected chi connectivity index (χ1v) is 6.83. The Hall–Kier alpha value is -0.910. The van der Waals surface area contributed by atoms with Gasteiger partial charge in [0.1, 0.15) is 5.82 Å². The normalized spacial score (nSPS) is 18.3. The van der Waals surface area contributed by atoms with Crippen LogP contribution < -0.4 is 0 Å². The Balaban J connectivity index is 1.62. The van der Waals surface area contributed by atoms with Crippen LogP contribution in [-0.4, -0.2) is 70.3 Å². The van der Waals surface area contributed by atoms with Gasteiger partial charge in [0.15, 0.2) is 0 Å². The fraction of sp³-hybridized carbons (Fsp3) is 0.769. The molecule has 0 aliphatic carbocycles. The molecule has 102 valence electrons. The molecule has 1 N–H and O–H groups in total. The second kappa shape index (κ2) is 6.87. The fourth-order valence-corrected chi connectivity index (χ4v) is 2.48. The van der Waals surface area contributed by atoms with Gasteiger partial charge in [-0.25, -0.2) is 4.98 Å². The summed E-state index contributed by atoms with van der Waals surface area (Å²) >= 11 is 0. The molecule has 2 rings (SSSR count). The lowest BCUT2D eigenvalue weighted by Crippen LogP contribution is -2.47. The Morgan fingerprint density at radius 2 is 1.78 bits per heavy atom. The Labute approximate surface area is 109 Å². The zero-order chi connectivity index (χ0) is 12.8. The summed E-state index contributed by atoms with van der Waals surface area (Å²) < 4.78 is 2.21. The maximum atomic E-state index is 8.89. The fourth-order valence-electron chi connectivity index (χ4n) is 2.48. The number of nitrogens with zero attached hydrogens (tertiary/aromatic N) is 4. The summed E-state index contributed by atoms with van der Waals surface area (Å²) in [5.41, 5.74) is 0. The third kappa shape index (κ3) is 3.80. The Bertz CT molecular complexity index is 345. The van der Waals surface area contributed by atoms with E-state index >= 15 is 0 Å². The maximum absolute atomic E-state index is 8.89.